The van der Waals surface area contributed by atoms with E-state index in [0.29, 0.717) is 11.0 Å². The minimum absolute atomic E-state index is 0.500. The Hall–Kier alpha value is -3.31. The predicted octanol–water partition coefficient (Wildman–Crippen LogP) is 6.09. The number of fused-ring (bicyclic) bond motifs is 1. The fourth-order valence-electron chi connectivity index (χ4n) is 2.89. The van der Waals surface area contributed by atoms with Crippen molar-refractivity contribution in [2.45, 2.75) is 6.92 Å². The number of nitrogens with one attached hydrogen (secondary N) is 2. The second-order valence-corrected chi connectivity index (χ2v) is 6.79. The van der Waals surface area contributed by atoms with E-state index in [1.165, 1.54) is 0 Å². The van der Waals surface area contributed by atoms with Crippen LogP contribution in [0, 0.1) is 6.92 Å². The van der Waals surface area contributed by atoms with Crippen LogP contribution in [0.25, 0.3) is 10.9 Å². The summed E-state index contributed by atoms with van der Waals surface area (Å²) in [7, 11) is 1.65. The lowest BCUT2D eigenvalue weighted by Crippen LogP contribution is -2.03. The number of aromatic nitrogens is 2. The van der Waals surface area contributed by atoms with Crippen molar-refractivity contribution < 1.29 is 4.74 Å². The summed E-state index contributed by atoms with van der Waals surface area (Å²) < 4.78 is 5.22. The number of benzene rings is 3. The predicted molar refractivity (Wildman–Crippen MR) is 115 cm³/mol. The molecule has 3 aromatic carbocycles. The van der Waals surface area contributed by atoms with Crippen molar-refractivity contribution in [3.8, 4) is 5.75 Å². The molecule has 0 spiro atoms. The topological polar surface area (TPSA) is 59.1 Å². The van der Waals surface area contributed by atoms with Gasteiger partial charge < -0.3 is 15.4 Å². The van der Waals surface area contributed by atoms with Crippen LogP contribution in [0.15, 0.2) is 66.7 Å². The molecule has 0 unspecified atom stereocenters. The van der Waals surface area contributed by atoms with Crippen LogP contribution in [0.5, 0.6) is 5.75 Å². The summed E-state index contributed by atoms with van der Waals surface area (Å²) in [6, 6.07) is 21.3. The van der Waals surface area contributed by atoms with Crippen LogP contribution in [0.1, 0.15) is 5.56 Å². The van der Waals surface area contributed by atoms with Gasteiger partial charge in [-0.3, -0.25) is 0 Å². The highest BCUT2D eigenvalue weighted by Gasteiger charge is 2.10. The molecule has 0 saturated carbocycles. The van der Waals surface area contributed by atoms with Gasteiger partial charge in [-0.25, -0.2) is 4.98 Å². The van der Waals surface area contributed by atoms with Gasteiger partial charge >= 0.3 is 0 Å². The molecule has 0 amide bonds. The lowest BCUT2D eigenvalue weighted by Gasteiger charge is -2.13. The molecule has 140 valence electrons. The Morgan fingerprint density at radius 2 is 1.68 bits per heavy atom. The van der Waals surface area contributed by atoms with E-state index >= 15 is 0 Å². The number of hydrogen-bond donors (Lipinski definition) is 2. The highest BCUT2D eigenvalue weighted by atomic mass is 35.5. The highest BCUT2D eigenvalue weighted by Crippen LogP contribution is 2.28. The van der Waals surface area contributed by atoms with Gasteiger partial charge in [-0.15, -0.1) is 0 Å². The van der Waals surface area contributed by atoms with E-state index < -0.39 is 0 Å². The Bertz CT molecular complexity index is 1130. The van der Waals surface area contributed by atoms with Crippen LogP contribution in [-0.2, 0) is 0 Å². The first kappa shape index (κ1) is 18.1. The molecule has 28 heavy (non-hydrogen) atoms. The minimum atomic E-state index is 0.500. The van der Waals surface area contributed by atoms with Crippen molar-refractivity contribution in [1.82, 2.24) is 9.97 Å². The van der Waals surface area contributed by atoms with E-state index in [1.54, 1.807) is 7.11 Å². The molecule has 0 radical (unpaired) electrons. The van der Waals surface area contributed by atoms with Gasteiger partial charge in [0.2, 0.25) is 5.95 Å². The summed E-state index contributed by atoms with van der Waals surface area (Å²) in [6.07, 6.45) is 0. The van der Waals surface area contributed by atoms with Crippen LogP contribution in [-0.4, -0.2) is 17.1 Å². The molecule has 4 rings (SSSR count). The van der Waals surface area contributed by atoms with Crippen LogP contribution in [0.2, 0.25) is 5.02 Å². The standard InChI is InChI=1S/C22H19ClN4O/c1-14-7-8-15(23)13-20(14)26-22-25-19-6-4-3-5-18(19)21(27-22)24-16-9-11-17(28-2)12-10-16/h3-13H,1-2H3,(H2,24,25,26,27). The summed E-state index contributed by atoms with van der Waals surface area (Å²) in [5.41, 5.74) is 3.69. The van der Waals surface area contributed by atoms with Gasteiger partial charge in [0.05, 0.1) is 12.6 Å². The van der Waals surface area contributed by atoms with E-state index in [0.717, 1.165) is 39.4 Å². The summed E-state index contributed by atoms with van der Waals surface area (Å²) >= 11 is 6.14. The number of para-hydroxylation sites is 1. The van der Waals surface area contributed by atoms with Gasteiger partial charge in [0, 0.05) is 21.8 Å². The molecule has 0 aliphatic carbocycles. The monoisotopic (exact) mass is 390 g/mol. The molecule has 4 aromatic rings. The summed E-state index contributed by atoms with van der Waals surface area (Å²) in [5, 5.41) is 8.26. The molecule has 1 heterocycles. The zero-order valence-electron chi connectivity index (χ0n) is 15.5. The summed E-state index contributed by atoms with van der Waals surface area (Å²) in [6.45, 7) is 2.01. The molecule has 0 saturated heterocycles. The molecule has 0 atom stereocenters. The van der Waals surface area contributed by atoms with Crippen molar-refractivity contribution >= 4 is 45.6 Å². The number of rotatable bonds is 5. The van der Waals surface area contributed by atoms with Gasteiger partial charge in [0.1, 0.15) is 11.6 Å². The molecule has 2 N–H and O–H groups in total. The Labute approximate surface area is 168 Å². The van der Waals surface area contributed by atoms with Crippen LogP contribution < -0.4 is 15.4 Å². The molecular weight excluding hydrogens is 372 g/mol. The van der Waals surface area contributed by atoms with Gasteiger partial charge in [0.15, 0.2) is 0 Å². The lowest BCUT2D eigenvalue weighted by molar-refractivity contribution is 0.415. The van der Waals surface area contributed by atoms with E-state index in [-0.39, 0.29) is 0 Å². The third kappa shape index (κ3) is 3.85. The van der Waals surface area contributed by atoms with Crippen molar-refractivity contribution in [2.24, 2.45) is 0 Å². The van der Waals surface area contributed by atoms with Gasteiger partial charge in [-0.05, 0) is 61.0 Å². The van der Waals surface area contributed by atoms with Crippen LogP contribution in [0.3, 0.4) is 0 Å². The van der Waals surface area contributed by atoms with E-state index in [1.807, 2.05) is 73.7 Å². The fourth-order valence-corrected chi connectivity index (χ4v) is 3.06. The number of aryl methyl sites for hydroxylation is 1. The fraction of sp³-hybridized carbons (Fsp3) is 0.0909. The molecule has 0 bridgehead atoms. The van der Waals surface area contributed by atoms with Crippen molar-refractivity contribution in [2.75, 3.05) is 17.7 Å². The highest BCUT2D eigenvalue weighted by molar-refractivity contribution is 6.30. The molecular formula is C22H19ClN4O. The maximum absolute atomic E-state index is 6.14. The lowest BCUT2D eigenvalue weighted by atomic mass is 10.2. The number of methoxy groups -OCH3 is 1. The Balaban J connectivity index is 1.73. The Morgan fingerprint density at radius 1 is 0.893 bits per heavy atom. The average Bonchev–Trinajstić information content (AvgIpc) is 2.71. The first-order valence-electron chi connectivity index (χ1n) is 8.83. The summed E-state index contributed by atoms with van der Waals surface area (Å²) in [5.74, 6) is 2.02. The third-order valence-corrected chi connectivity index (χ3v) is 4.64. The summed E-state index contributed by atoms with van der Waals surface area (Å²) in [4.78, 5) is 9.34. The zero-order valence-corrected chi connectivity index (χ0v) is 16.3. The molecule has 1 aromatic heterocycles. The number of nitrogens with zero attached hydrogens (tertiary/aromatic N) is 2. The number of halogens is 1. The van der Waals surface area contributed by atoms with Crippen LogP contribution in [0.4, 0.5) is 23.1 Å². The first-order chi connectivity index (χ1) is 13.6. The number of ether oxygens (including phenoxy) is 1. The van der Waals surface area contributed by atoms with Crippen LogP contribution >= 0.6 is 11.6 Å². The van der Waals surface area contributed by atoms with Crippen molar-refractivity contribution in [3.63, 3.8) is 0 Å². The number of anilines is 4. The second-order valence-electron chi connectivity index (χ2n) is 6.35. The Morgan fingerprint density at radius 3 is 2.46 bits per heavy atom. The maximum Gasteiger partial charge on any atom is 0.229 e. The van der Waals surface area contributed by atoms with E-state index in [4.69, 9.17) is 21.3 Å². The van der Waals surface area contributed by atoms with E-state index in [9.17, 15) is 0 Å². The SMILES string of the molecule is COc1ccc(Nc2nc(Nc3cc(Cl)ccc3C)nc3ccccc23)cc1. The normalized spacial score (nSPS) is 10.7. The smallest absolute Gasteiger partial charge is 0.229 e. The van der Waals surface area contributed by atoms with Gasteiger partial charge in [-0.1, -0.05) is 29.8 Å². The molecule has 0 aliphatic rings. The largest absolute Gasteiger partial charge is 0.497 e. The second kappa shape index (κ2) is 7.74. The first-order valence-corrected chi connectivity index (χ1v) is 9.21. The molecule has 6 heteroatoms. The quantitative estimate of drug-likeness (QED) is 0.432. The third-order valence-electron chi connectivity index (χ3n) is 4.40. The minimum Gasteiger partial charge on any atom is -0.497 e. The molecule has 0 aliphatic heterocycles. The zero-order chi connectivity index (χ0) is 19.5. The van der Waals surface area contributed by atoms with Gasteiger partial charge in [0.25, 0.3) is 0 Å². The maximum atomic E-state index is 6.14. The molecule has 0 fully saturated rings. The van der Waals surface area contributed by atoms with Crippen molar-refractivity contribution in [3.05, 3.63) is 77.3 Å². The van der Waals surface area contributed by atoms with Gasteiger partial charge in [-0.2, -0.15) is 4.98 Å². The van der Waals surface area contributed by atoms with Crippen molar-refractivity contribution in [1.29, 1.82) is 0 Å². The molecule has 5 nitrogen and oxygen atoms in total. The Kier molecular flexibility index (Phi) is 5.00. The average molecular weight is 391 g/mol. The van der Waals surface area contributed by atoms with E-state index in [2.05, 4.69) is 15.6 Å². The number of hydrogen-bond acceptors (Lipinski definition) is 5.